The summed E-state index contributed by atoms with van der Waals surface area (Å²) in [6, 6.07) is 4.47. The largest absolute Gasteiger partial charge is 0.352 e. The molecule has 1 saturated heterocycles. The van der Waals surface area contributed by atoms with Crippen LogP contribution in [-0.2, 0) is 0 Å². The lowest BCUT2D eigenvalue weighted by Gasteiger charge is -2.22. The Hall–Kier alpha value is -0.940. The van der Waals surface area contributed by atoms with E-state index in [0.717, 1.165) is 19.5 Å². The molecule has 0 aromatic heterocycles. The zero-order valence-electron chi connectivity index (χ0n) is 10.7. The van der Waals surface area contributed by atoms with Gasteiger partial charge in [0.1, 0.15) is 5.82 Å². The number of amides is 1. The molecule has 19 heavy (non-hydrogen) atoms. The van der Waals surface area contributed by atoms with Crippen LogP contribution in [0.4, 0.5) is 4.39 Å². The van der Waals surface area contributed by atoms with Gasteiger partial charge < -0.3 is 10.6 Å². The number of benzene rings is 1. The molecule has 0 saturated carbocycles. The summed E-state index contributed by atoms with van der Waals surface area (Å²) in [5.74, 6) is -0.219. The average molecular weight is 329 g/mol. The van der Waals surface area contributed by atoms with E-state index >= 15 is 0 Å². The van der Waals surface area contributed by atoms with Gasteiger partial charge in [-0.2, -0.15) is 0 Å². The van der Waals surface area contributed by atoms with E-state index in [1.807, 2.05) is 0 Å². The maximum atomic E-state index is 13.6. The second kappa shape index (κ2) is 7.01. The summed E-state index contributed by atoms with van der Waals surface area (Å²) in [6.45, 7) is 2.70. The summed E-state index contributed by atoms with van der Waals surface area (Å²) in [4.78, 5) is 11.8. The van der Waals surface area contributed by atoms with Gasteiger partial charge in [-0.25, -0.2) is 4.39 Å². The molecular weight excluding hydrogens is 311 g/mol. The van der Waals surface area contributed by atoms with Gasteiger partial charge in [-0.15, -0.1) is 0 Å². The first kappa shape index (κ1) is 14.5. The molecule has 1 aliphatic heterocycles. The maximum absolute atomic E-state index is 13.6. The predicted octanol–water partition coefficient (Wildman–Crippen LogP) is 2.71. The van der Waals surface area contributed by atoms with E-state index in [2.05, 4.69) is 26.6 Å². The minimum absolute atomic E-state index is 0.102. The third-order valence-corrected chi connectivity index (χ3v) is 3.91. The number of hydrogen-bond donors (Lipinski definition) is 2. The zero-order chi connectivity index (χ0) is 13.7. The van der Waals surface area contributed by atoms with Crippen molar-refractivity contribution in [3.63, 3.8) is 0 Å². The van der Waals surface area contributed by atoms with Gasteiger partial charge in [-0.05, 0) is 56.5 Å². The molecule has 0 radical (unpaired) electrons. The fraction of sp³-hybridized carbons (Fsp3) is 0.500. The highest BCUT2D eigenvalue weighted by molar-refractivity contribution is 9.10. The van der Waals surface area contributed by atoms with E-state index in [1.54, 1.807) is 6.07 Å². The van der Waals surface area contributed by atoms with Gasteiger partial charge in [0, 0.05) is 11.0 Å². The highest BCUT2D eigenvalue weighted by Gasteiger charge is 2.14. The molecule has 1 heterocycles. The minimum atomic E-state index is -0.494. The van der Waals surface area contributed by atoms with Gasteiger partial charge in [0.2, 0.25) is 0 Å². The lowest BCUT2D eigenvalue weighted by molar-refractivity contribution is 0.0946. The van der Waals surface area contributed by atoms with Crippen LogP contribution in [0.5, 0.6) is 0 Å². The van der Waals surface area contributed by atoms with Gasteiger partial charge in [0.15, 0.2) is 0 Å². The molecule has 2 N–H and O–H groups in total. The summed E-state index contributed by atoms with van der Waals surface area (Å²) in [6.07, 6.45) is 3.34. The standard InChI is InChI=1S/C14H18BrFN2O/c15-11-3-4-12(13(16)8-11)14(19)18-7-5-10-2-1-6-17-9-10/h3-4,8,10,17H,1-2,5-7,9H2,(H,18,19). The van der Waals surface area contributed by atoms with Crippen LogP contribution in [0.1, 0.15) is 29.6 Å². The van der Waals surface area contributed by atoms with Crippen LogP contribution in [0, 0.1) is 11.7 Å². The summed E-state index contributed by atoms with van der Waals surface area (Å²) in [7, 11) is 0. The highest BCUT2D eigenvalue weighted by atomic mass is 79.9. The van der Waals surface area contributed by atoms with Gasteiger partial charge in [0.05, 0.1) is 5.56 Å². The highest BCUT2D eigenvalue weighted by Crippen LogP contribution is 2.16. The van der Waals surface area contributed by atoms with Crippen LogP contribution in [0.25, 0.3) is 0 Å². The molecule has 1 unspecified atom stereocenters. The van der Waals surface area contributed by atoms with Crippen molar-refractivity contribution in [3.8, 4) is 0 Å². The Bertz CT molecular complexity index is 447. The van der Waals surface area contributed by atoms with Crippen LogP contribution < -0.4 is 10.6 Å². The number of carbonyl (C=O) groups is 1. The number of piperidine rings is 1. The topological polar surface area (TPSA) is 41.1 Å². The van der Waals surface area contributed by atoms with Crippen molar-refractivity contribution in [2.24, 2.45) is 5.92 Å². The fourth-order valence-electron chi connectivity index (χ4n) is 2.33. The van der Waals surface area contributed by atoms with E-state index < -0.39 is 5.82 Å². The third-order valence-electron chi connectivity index (χ3n) is 3.41. The van der Waals surface area contributed by atoms with Crippen molar-refractivity contribution in [2.45, 2.75) is 19.3 Å². The number of rotatable bonds is 4. The van der Waals surface area contributed by atoms with Crippen molar-refractivity contribution in [2.75, 3.05) is 19.6 Å². The van der Waals surface area contributed by atoms with Crippen LogP contribution in [0.3, 0.4) is 0 Å². The van der Waals surface area contributed by atoms with Gasteiger partial charge in [-0.1, -0.05) is 15.9 Å². The quantitative estimate of drug-likeness (QED) is 0.892. The van der Waals surface area contributed by atoms with Crippen molar-refractivity contribution in [3.05, 3.63) is 34.1 Å². The second-order valence-electron chi connectivity index (χ2n) is 4.88. The SMILES string of the molecule is O=C(NCCC1CCCNC1)c1ccc(Br)cc1F. The van der Waals surface area contributed by atoms with Gasteiger partial charge in [0.25, 0.3) is 5.91 Å². The summed E-state index contributed by atoms with van der Waals surface area (Å²) >= 11 is 3.17. The Morgan fingerprint density at radius 3 is 3.05 bits per heavy atom. The molecule has 5 heteroatoms. The van der Waals surface area contributed by atoms with Crippen LogP contribution in [0.2, 0.25) is 0 Å². The Morgan fingerprint density at radius 1 is 1.53 bits per heavy atom. The van der Waals surface area contributed by atoms with Crippen molar-refractivity contribution >= 4 is 21.8 Å². The van der Waals surface area contributed by atoms with E-state index in [-0.39, 0.29) is 11.5 Å². The summed E-state index contributed by atoms with van der Waals surface area (Å²) in [5, 5.41) is 6.13. The molecule has 1 aliphatic rings. The second-order valence-corrected chi connectivity index (χ2v) is 5.80. The Kier molecular flexibility index (Phi) is 5.34. The number of carbonyl (C=O) groups excluding carboxylic acids is 1. The molecule has 1 aromatic rings. The summed E-state index contributed by atoms with van der Waals surface area (Å²) in [5.41, 5.74) is 0.102. The number of nitrogens with one attached hydrogen (secondary N) is 2. The average Bonchev–Trinajstić information content (AvgIpc) is 2.39. The normalized spacial score (nSPS) is 19.2. The van der Waals surface area contributed by atoms with E-state index in [1.165, 1.54) is 25.0 Å². The van der Waals surface area contributed by atoms with E-state index in [0.29, 0.717) is 16.9 Å². The Morgan fingerprint density at radius 2 is 2.37 bits per heavy atom. The molecule has 1 amide bonds. The maximum Gasteiger partial charge on any atom is 0.254 e. The monoisotopic (exact) mass is 328 g/mol. The molecule has 104 valence electrons. The van der Waals surface area contributed by atoms with Gasteiger partial charge >= 0.3 is 0 Å². The first-order chi connectivity index (χ1) is 9.16. The van der Waals surface area contributed by atoms with Crippen LogP contribution in [0.15, 0.2) is 22.7 Å². The van der Waals surface area contributed by atoms with Crippen LogP contribution >= 0.6 is 15.9 Å². The van der Waals surface area contributed by atoms with Gasteiger partial charge in [-0.3, -0.25) is 4.79 Å². The minimum Gasteiger partial charge on any atom is -0.352 e. The lowest BCUT2D eigenvalue weighted by Crippen LogP contribution is -2.33. The Balaban J connectivity index is 1.80. The van der Waals surface area contributed by atoms with Crippen molar-refractivity contribution < 1.29 is 9.18 Å². The first-order valence-electron chi connectivity index (χ1n) is 6.61. The van der Waals surface area contributed by atoms with Crippen molar-refractivity contribution in [1.82, 2.24) is 10.6 Å². The fourth-order valence-corrected chi connectivity index (χ4v) is 2.66. The molecule has 0 aliphatic carbocycles. The molecule has 2 rings (SSSR count). The molecule has 1 aromatic carbocycles. The molecule has 3 nitrogen and oxygen atoms in total. The number of hydrogen-bond acceptors (Lipinski definition) is 2. The van der Waals surface area contributed by atoms with E-state index in [4.69, 9.17) is 0 Å². The molecular formula is C14H18BrFN2O. The predicted molar refractivity (Wildman–Crippen MR) is 76.6 cm³/mol. The number of halogens is 2. The molecule has 0 bridgehead atoms. The van der Waals surface area contributed by atoms with Crippen molar-refractivity contribution in [1.29, 1.82) is 0 Å². The Labute approximate surface area is 121 Å². The molecule has 1 fully saturated rings. The van der Waals surface area contributed by atoms with E-state index in [9.17, 15) is 9.18 Å². The smallest absolute Gasteiger partial charge is 0.254 e. The van der Waals surface area contributed by atoms with Crippen LogP contribution in [-0.4, -0.2) is 25.5 Å². The molecule has 1 atom stereocenters. The third kappa shape index (κ3) is 4.28. The first-order valence-corrected chi connectivity index (χ1v) is 7.40. The lowest BCUT2D eigenvalue weighted by atomic mass is 9.96. The molecule has 0 spiro atoms. The zero-order valence-corrected chi connectivity index (χ0v) is 12.3. The summed E-state index contributed by atoms with van der Waals surface area (Å²) < 4.78 is 14.2.